The fourth-order valence-corrected chi connectivity index (χ4v) is 1.86. The van der Waals surface area contributed by atoms with Crippen molar-refractivity contribution in [2.24, 2.45) is 0 Å². The Hall–Kier alpha value is -3.13. The molecule has 3 rings (SSSR count). The molecule has 1 aromatic heterocycles. The highest BCUT2D eigenvalue weighted by atomic mass is 16.5. The number of nitrogens with zero attached hydrogens (tertiary/aromatic N) is 3. The Morgan fingerprint density at radius 3 is 2.71 bits per heavy atom. The molecule has 5 heteroatoms. The zero-order chi connectivity index (χ0) is 14.5. The smallest absolute Gasteiger partial charge is 0.247 e. The first kappa shape index (κ1) is 12.9. The van der Waals surface area contributed by atoms with Gasteiger partial charge in [0.1, 0.15) is 12.4 Å². The molecular weight excluding hydrogens is 266 g/mol. The van der Waals surface area contributed by atoms with E-state index >= 15 is 0 Å². The van der Waals surface area contributed by atoms with Crippen molar-refractivity contribution in [1.82, 2.24) is 10.2 Å². The number of nitriles is 1. The van der Waals surface area contributed by atoms with E-state index < -0.39 is 0 Å². The van der Waals surface area contributed by atoms with Gasteiger partial charge in [-0.3, -0.25) is 0 Å². The number of hydrogen-bond donors (Lipinski definition) is 0. The van der Waals surface area contributed by atoms with Crippen LogP contribution in [-0.2, 0) is 6.61 Å². The minimum atomic E-state index is 0.430. The first-order valence-electron chi connectivity index (χ1n) is 6.33. The zero-order valence-corrected chi connectivity index (χ0v) is 11.1. The van der Waals surface area contributed by atoms with Gasteiger partial charge in [0, 0.05) is 5.56 Å². The summed E-state index contributed by atoms with van der Waals surface area (Å²) in [5.41, 5.74) is 2.44. The minimum Gasteiger partial charge on any atom is -0.489 e. The molecule has 0 amide bonds. The second-order valence-corrected chi connectivity index (χ2v) is 4.37. The van der Waals surface area contributed by atoms with E-state index in [1.807, 2.05) is 36.4 Å². The molecule has 102 valence electrons. The molecule has 0 N–H and O–H groups in total. The fourth-order valence-electron chi connectivity index (χ4n) is 1.86. The normalized spacial score (nSPS) is 10.0. The van der Waals surface area contributed by atoms with Crippen molar-refractivity contribution >= 4 is 0 Å². The average Bonchev–Trinajstić information content (AvgIpc) is 3.08. The Morgan fingerprint density at radius 2 is 2.00 bits per heavy atom. The van der Waals surface area contributed by atoms with Gasteiger partial charge in [-0.1, -0.05) is 18.2 Å². The number of hydrogen-bond acceptors (Lipinski definition) is 5. The molecule has 0 saturated carbocycles. The molecule has 3 aromatic rings. The van der Waals surface area contributed by atoms with E-state index in [0.29, 0.717) is 18.1 Å². The molecule has 0 spiro atoms. The highest BCUT2D eigenvalue weighted by Crippen LogP contribution is 2.22. The maximum Gasteiger partial charge on any atom is 0.247 e. The summed E-state index contributed by atoms with van der Waals surface area (Å²) in [6.07, 6.45) is 1.29. The molecule has 21 heavy (non-hydrogen) atoms. The molecule has 0 aliphatic rings. The summed E-state index contributed by atoms with van der Waals surface area (Å²) in [5, 5.41) is 16.3. The first-order valence-corrected chi connectivity index (χ1v) is 6.33. The summed E-state index contributed by atoms with van der Waals surface area (Å²) in [4.78, 5) is 0. The van der Waals surface area contributed by atoms with Crippen LogP contribution in [0.15, 0.2) is 59.3 Å². The average molecular weight is 277 g/mol. The van der Waals surface area contributed by atoms with Crippen molar-refractivity contribution in [3.8, 4) is 23.3 Å². The Balaban J connectivity index is 1.70. The number of aromatic nitrogens is 2. The lowest BCUT2D eigenvalue weighted by Gasteiger charge is -2.07. The van der Waals surface area contributed by atoms with E-state index in [4.69, 9.17) is 14.4 Å². The SMILES string of the molecule is N#Cc1ccc(COc2cccc(-c3nnco3)c2)cc1. The first-order chi connectivity index (χ1) is 10.3. The number of rotatable bonds is 4. The Morgan fingerprint density at radius 1 is 1.14 bits per heavy atom. The molecule has 0 bridgehead atoms. The largest absolute Gasteiger partial charge is 0.489 e. The molecule has 0 saturated heterocycles. The number of ether oxygens (including phenoxy) is 1. The predicted molar refractivity (Wildman–Crippen MR) is 75.2 cm³/mol. The third-order valence-electron chi connectivity index (χ3n) is 2.93. The van der Waals surface area contributed by atoms with Crippen LogP contribution < -0.4 is 4.74 Å². The maximum absolute atomic E-state index is 8.76. The lowest BCUT2D eigenvalue weighted by molar-refractivity contribution is 0.306. The van der Waals surface area contributed by atoms with Gasteiger partial charge >= 0.3 is 0 Å². The molecule has 0 aliphatic heterocycles. The lowest BCUT2D eigenvalue weighted by Crippen LogP contribution is -1.95. The lowest BCUT2D eigenvalue weighted by atomic mass is 10.1. The van der Waals surface area contributed by atoms with Crippen LogP contribution >= 0.6 is 0 Å². The highest BCUT2D eigenvalue weighted by molar-refractivity contribution is 5.55. The second kappa shape index (κ2) is 5.88. The van der Waals surface area contributed by atoms with Crippen LogP contribution in [0, 0.1) is 11.3 Å². The molecule has 0 aliphatic carbocycles. The standard InChI is InChI=1S/C16H11N3O2/c17-9-12-4-6-13(7-5-12)10-20-15-3-1-2-14(8-15)16-19-18-11-21-16/h1-8,11H,10H2. The van der Waals surface area contributed by atoms with E-state index in [2.05, 4.69) is 16.3 Å². The van der Waals surface area contributed by atoms with Crippen molar-refractivity contribution in [1.29, 1.82) is 5.26 Å². The van der Waals surface area contributed by atoms with E-state index in [-0.39, 0.29) is 0 Å². The van der Waals surface area contributed by atoms with E-state index in [1.165, 1.54) is 6.39 Å². The van der Waals surface area contributed by atoms with Crippen LogP contribution in [0.3, 0.4) is 0 Å². The van der Waals surface area contributed by atoms with Gasteiger partial charge in [-0.2, -0.15) is 5.26 Å². The van der Waals surface area contributed by atoms with Gasteiger partial charge in [0.15, 0.2) is 0 Å². The summed E-state index contributed by atoms with van der Waals surface area (Å²) in [6.45, 7) is 0.430. The topological polar surface area (TPSA) is 71.9 Å². The highest BCUT2D eigenvalue weighted by Gasteiger charge is 2.05. The van der Waals surface area contributed by atoms with Crippen molar-refractivity contribution in [2.75, 3.05) is 0 Å². The minimum absolute atomic E-state index is 0.430. The van der Waals surface area contributed by atoms with E-state index in [9.17, 15) is 0 Å². The van der Waals surface area contributed by atoms with Crippen molar-refractivity contribution in [3.63, 3.8) is 0 Å². The van der Waals surface area contributed by atoms with Gasteiger partial charge in [0.05, 0.1) is 11.6 Å². The summed E-state index contributed by atoms with van der Waals surface area (Å²) in [6, 6.07) is 16.8. The summed E-state index contributed by atoms with van der Waals surface area (Å²) < 4.78 is 10.9. The van der Waals surface area contributed by atoms with Crippen molar-refractivity contribution in [2.45, 2.75) is 6.61 Å². The second-order valence-electron chi connectivity index (χ2n) is 4.37. The fraction of sp³-hybridized carbons (Fsp3) is 0.0625. The Kier molecular flexibility index (Phi) is 3.61. The van der Waals surface area contributed by atoms with Crippen molar-refractivity contribution < 1.29 is 9.15 Å². The van der Waals surface area contributed by atoms with Gasteiger partial charge in [-0.05, 0) is 35.9 Å². The third kappa shape index (κ3) is 3.07. The van der Waals surface area contributed by atoms with Crippen molar-refractivity contribution in [3.05, 3.63) is 66.1 Å². The Bertz CT molecular complexity index is 759. The number of benzene rings is 2. The molecule has 0 fully saturated rings. The molecule has 1 heterocycles. The van der Waals surface area contributed by atoms with Crippen LogP contribution in [0.25, 0.3) is 11.5 Å². The van der Waals surface area contributed by atoms with Crippen LogP contribution in [-0.4, -0.2) is 10.2 Å². The summed E-state index contributed by atoms with van der Waals surface area (Å²) in [7, 11) is 0. The molecule has 5 nitrogen and oxygen atoms in total. The van der Waals surface area contributed by atoms with E-state index in [0.717, 1.165) is 16.9 Å². The Labute approximate surface area is 121 Å². The van der Waals surface area contributed by atoms with Crippen LogP contribution in [0.2, 0.25) is 0 Å². The molecule has 0 unspecified atom stereocenters. The van der Waals surface area contributed by atoms with Gasteiger partial charge in [0.25, 0.3) is 0 Å². The third-order valence-corrected chi connectivity index (χ3v) is 2.93. The molecule has 0 atom stereocenters. The van der Waals surface area contributed by atoms with Gasteiger partial charge in [0.2, 0.25) is 12.3 Å². The predicted octanol–water partition coefficient (Wildman–Crippen LogP) is 3.19. The molecule has 2 aromatic carbocycles. The van der Waals surface area contributed by atoms with Crippen LogP contribution in [0.1, 0.15) is 11.1 Å². The van der Waals surface area contributed by atoms with Gasteiger partial charge < -0.3 is 9.15 Å². The maximum atomic E-state index is 8.76. The zero-order valence-electron chi connectivity index (χ0n) is 11.1. The quantitative estimate of drug-likeness (QED) is 0.732. The summed E-state index contributed by atoms with van der Waals surface area (Å²) >= 11 is 0. The molecule has 0 radical (unpaired) electrons. The molecular formula is C16H11N3O2. The van der Waals surface area contributed by atoms with Crippen LogP contribution in [0.4, 0.5) is 0 Å². The monoisotopic (exact) mass is 277 g/mol. The van der Waals surface area contributed by atoms with Crippen LogP contribution in [0.5, 0.6) is 5.75 Å². The van der Waals surface area contributed by atoms with E-state index in [1.54, 1.807) is 12.1 Å². The summed E-state index contributed by atoms with van der Waals surface area (Å²) in [5.74, 6) is 1.17. The van der Waals surface area contributed by atoms with Gasteiger partial charge in [-0.25, -0.2) is 0 Å². The van der Waals surface area contributed by atoms with Gasteiger partial charge in [-0.15, -0.1) is 10.2 Å².